The van der Waals surface area contributed by atoms with Crippen molar-refractivity contribution in [3.8, 4) is 0 Å². The molecule has 5 heteroatoms. The molecule has 2 aliphatic rings. The summed E-state index contributed by atoms with van der Waals surface area (Å²) in [5.41, 5.74) is 0.548. The Labute approximate surface area is 118 Å². The Morgan fingerprint density at radius 2 is 1.84 bits per heavy atom. The largest absolute Gasteiger partial charge is 0.278 e. The summed E-state index contributed by atoms with van der Waals surface area (Å²) >= 11 is 3.25. The molecule has 1 saturated carbocycles. The normalized spacial score (nSPS) is 27.7. The zero-order valence-corrected chi connectivity index (χ0v) is 12.2. The number of amides is 2. The number of likely N-dealkylation sites (tertiary alicyclic amines) is 1. The molecule has 2 fully saturated rings. The Hall–Kier alpha value is -1.23. The van der Waals surface area contributed by atoms with Crippen LogP contribution in [0.3, 0.4) is 0 Å². The van der Waals surface area contributed by atoms with Crippen LogP contribution in [-0.4, -0.2) is 16.7 Å². The maximum Gasteiger partial charge on any atom is 0.233 e. The summed E-state index contributed by atoms with van der Waals surface area (Å²) in [4.78, 5) is 25.6. The summed E-state index contributed by atoms with van der Waals surface area (Å²) < 4.78 is 13.6. The van der Waals surface area contributed by atoms with Crippen LogP contribution in [0.25, 0.3) is 0 Å². The van der Waals surface area contributed by atoms with Gasteiger partial charge in [0.05, 0.1) is 18.4 Å². The minimum atomic E-state index is -0.348. The van der Waals surface area contributed by atoms with E-state index in [1.54, 1.807) is 6.07 Å². The number of imide groups is 1. The quantitative estimate of drug-likeness (QED) is 0.784. The Bertz CT molecular complexity index is 575. The number of halogens is 2. The fourth-order valence-corrected chi connectivity index (χ4v) is 3.46. The first kappa shape index (κ1) is 12.8. The van der Waals surface area contributed by atoms with Crippen molar-refractivity contribution in [2.45, 2.75) is 20.4 Å². The first-order valence-corrected chi connectivity index (χ1v) is 6.92. The van der Waals surface area contributed by atoms with E-state index in [1.807, 2.05) is 13.8 Å². The van der Waals surface area contributed by atoms with E-state index in [0.717, 1.165) is 5.56 Å². The van der Waals surface area contributed by atoms with Gasteiger partial charge in [-0.2, -0.15) is 0 Å². The van der Waals surface area contributed by atoms with E-state index in [2.05, 4.69) is 15.9 Å². The summed E-state index contributed by atoms with van der Waals surface area (Å²) in [5.74, 6) is -0.885. The van der Waals surface area contributed by atoms with Gasteiger partial charge in [0.15, 0.2) is 0 Å². The highest BCUT2D eigenvalue weighted by atomic mass is 79.9. The Morgan fingerprint density at radius 3 is 2.37 bits per heavy atom. The maximum atomic E-state index is 13.0. The van der Waals surface area contributed by atoms with E-state index < -0.39 is 0 Å². The molecule has 1 heterocycles. The second-order valence-corrected chi connectivity index (χ2v) is 6.63. The van der Waals surface area contributed by atoms with Crippen LogP contribution in [0.15, 0.2) is 22.7 Å². The SMILES string of the molecule is CC1(C)C2C(=O)N(Cc3ccc(F)cc3Br)C(=O)C21. The lowest BCUT2D eigenvalue weighted by Crippen LogP contribution is -2.35. The number of hydrogen-bond acceptors (Lipinski definition) is 2. The van der Waals surface area contributed by atoms with Crippen LogP contribution in [0.2, 0.25) is 0 Å². The molecule has 1 aliphatic carbocycles. The number of benzene rings is 1. The van der Waals surface area contributed by atoms with Gasteiger partial charge in [0.25, 0.3) is 0 Å². The van der Waals surface area contributed by atoms with Crippen molar-refractivity contribution in [3.05, 3.63) is 34.1 Å². The monoisotopic (exact) mass is 325 g/mol. The number of hydrogen-bond donors (Lipinski definition) is 0. The molecule has 0 bridgehead atoms. The van der Waals surface area contributed by atoms with Crippen LogP contribution in [0, 0.1) is 23.1 Å². The van der Waals surface area contributed by atoms with E-state index in [4.69, 9.17) is 0 Å². The molecule has 1 saturated heterocycles. The van der Waals surface area contributed by atoms with Gasteiger partial charge in [-0.15, -0.1) is 0 Å². The molecule has 0 radical (unpaired) electrons. The Kier molecular flexibility index (Phi) is 2.61. The average Bonchev–Trinajstić information content (AvgIpc) is 2.78. The lowest BCUT2D eigenvalue weighted by atomic mass is 10.1. The lowest BCUT2D eigenvalue weighted by molar-refractivity contribution is -0.143. The number of nitrogens with zero attached hydrogens (tertiary/aromatic N) is 1. The Balaban J connectivity index is 1.83. The number of rotatable bonds is 2. The summed E-state index contributed by atoms with van der Waals surface area (Å²) in [6.45, 7) is 4.11. The first-order chi connectivity index (χ1) is 8.84. The lowest BCUT2D eigenvalue weighted by Gasteiger charge is -2.21. The summed E-state index contributed by atoms with van der Waals surface area (Å²) in [6, 6.07) is 4.26. The fourth-order valence-electron chi connectivity index (χ4n) is 2.98. The third kappa shape index (κ3) is 1.75. The molecule has 3 rings (SSSR count). The predicted molar refractivity (Wildman–Crippen MR) is 70.4 cm³/mol. The second-order valence-electron chi connectivity index (χ2n) is 5.78. The molecule has 0 aromatic heterocycles. The van der Waals surface area contributed by atoms with E-state index in [0.29, 0.717) is 4.47 Å². The molecule has 2 atom stereocenters. The Morgan fingerprint density at radius 1 is 1.26 bits per heavy atom. The van der Waals surface area contributed by atoms with Crippen molar-refractivity contribution in [2.75, 3.05) is 0 Å². The minimum absolute atomic E-state index is 0.101. The highest BCUT2D eigenvalue weighted by Gasteiger charge is 2.72. The van der Waals surface area contributed by atoms with Crippen molar-refractivity contribution in [1.29, 1.82) is 0 Å². The zero-order chi connectivity index (χ0) is 13.9. The summed E-state index contributed by atoms with van der Waals surface area (Å²) in [5, 5.41) is 0. The molecule has 0 N–H and O–H groups in total. The van der Waals surface area contributed by atoms with Gasteiger partial charge in [0.2, 0.25) is 11.8 Å². The average molecular weight is 326 g/mol. The van der Waals surface area contributed by atoms with Crippen molar-refractivity contribution >= 4 is 27.7 Å². The molecule has 2 amide bonds. The number of piperidine rings is 1. The van der Waals surface area contributed by atoms with Gasteiger partial charge in [-0.1, -0.05) is 35.8 Å². The fraction of sp³-hybridized carbons (Fsp3) is 0.429. The standard InChI is InChI=1S/C14H13BrFNO2/c1-14(2)10-11(14)13(19)17(12(10)18)6-7-3-4-8(16)5-9(7)15/h3-5,10-11H,6H2,1-2H3. The first-order valence-electron chi connectivity index (χ1n) is 6.13. The molecule has 100 valence electrons. The minimum Gasteiger partial charge on any atom is -0.278 e. The van der Waals surface area contributed by atoms with Gasteiger partial charge in [0, 0.05) is 4.47 Å². The van der Waals surface area contributed by atoms with Crippen LogP contribution < -0.4 is 0 Å². The number of carbonyl (C=O) groups excluding carboxylic acids is 2. The van der Waals surface area contributed by atoms with Gasteiger partial charge < -0.3 is 0 Å². The summed E-state index contributed by atoms with van der Waals surface area (Å²) in [6.07, 6.45) is 0. The van der Waals surface area contributed by atoms with Gasteiger partial charge in [-0.25, -0.2) is 4.39 Å². The van der Waals surface area contributed by atoms with Gasteiger partial charge in [0.1, 0.15) is 5.82 Å². The molecule has 1 aliphatic heterocycles. The van der Waals surface area contributed by atoms with Crippen molar-refractivity contribution in [3.63, 3.8) is 0 Å². The molecule has 1 aromatic rings. The predicted octanol–water partition coefficient (Wildman–Crippen LogP) is 2.73. The maximum absolute atomic E-state index is 13.0. The molecular formula is C14H13BrFNO2. The highest BCUT2D eigenvalue weighted by molar-refractivity contribution is 9.10. The van der Waals surface area contributed by atoms with Crippen molar-refractivity contribution in [1.82, 2.24) is 4.90 Å². The van der Waals surface area contributed by atoms with E-state index in [-0.39, 0.29) is 41.4 Å². The number of fused-ring (bicyclic) bond motifs is 1. The van der Waals surface area contributed by atoms with Gasteiger partial charge in [-0.3, -0.25) is 14.5 Å². The third-order valence-corrected chi connectivity index (χ3v) is 4.97. The zero-order valence-electron chi connectivity index (χ0n) is 10.6. The molecule has 3 nitrogen and oxygen atoms in total. The second kappa shape index (κ2) is 3.88. The van der Waals surface area contributed by atoms with E-state index in [9.17, 15) is 14.0 Å². The molecule has 19 heavy (non-hydrogen) atoms. The van der Waals surface area contributed by atoms with Crippen LogP contribution in [0.5, 0.6) is 0 Å². The van der Waals surface area contributed by atoms with Crippen molar-refractivity contribution < 1.29 is 14.0 Å². The molecule has 2 unspecified atom stereocenters. The van der Waals surface area contributed by atoms with Gasteiger partial charge in [-0.05, 0) is 23.1 Å². The van der Waals surface area contributed by atoms with E-state index >= 15 is 0 Å². The van der Waals surface area contributed by atoms with E-state index in [1.165, 1.54) is 17.0 Å². The van der Waals surface area contributed by atoms with Gasteiger partial charge >= 0.3 is 0 Å². The van der Waals surface area contributed by atoms with Crippen LogP contribution in [-0.2, 0) is 16.1 Å². The highest BCUT2D eigenvalue weighted by Crippen LogP contribution is 2.63. The topological polar surface area (TPSA) is 37.4 Å². The molecular weight excluding hydrogens is 313 g/mol. The van der Waals surface area contributed by atoms with Crippen molar-refractivity contribution in [2.24, 2.45) is 17.3 Å². The molecule has 0 spiro atoms. The summed E-state index contributed by atoms with van der Waals surface area (Å²) in [7, 11) is 0. The van der Waals surface area contributed by atoms with Crippen LogP contribution >= 0.6 is 15.9 Å². The van der Waals surface area contributed by atoms with Crippen LogP contribution in [0.4, 0.5) is 4.39 Å². The smallest absolute Gasteiger partial charge is 0.233 e. The van der Waals surface area contributed by atoms with Crippen LogP contribution in [0.1, 0.15) is 19.4 Å². The third-order valence-electron chi connectivity index (χ3n) is 4.24. The number of carbonyl (C=O) groups is 2. The molecule has 1 aromatic carbocycles.